The van der Waals surface area contributed by atoms with Crippen molar-refractivity contribution in [3.8, 4) is 16.9 Å². The maximum Gasteiger partial charge on any atom is 0.395 e. The number of aromatic amines is 1. The zero-order valence-corrected chi connectivity index (χ0v) is 12.0. The molecule has 2 aromatic rings. The third-order valence-electron chi connectivity index (χ3n) is 3.62. The van der Waals surface area contributed by atoms with Crippen LogP contribution in [-0.2, 0) is 6.42 Å². The van der Waals surface area contributed by atoms with Gasteiger partial charge in [0.15, 0.2) is 0 Å². The number of hydrogen-bond donors (Lipinski definition) is 1. The van der Waals surface area contributed by atoms with Crippen LogP contribution in [0.5, 0.6) is 5.75 Å². The van der Waals surface area contributed by atoms with Gasteiger partial charge in [0, 0.05) is 22.8 Å². The molecule has 0 unspecified atom stereocenters. The van der Waals surface area contributed by atoms with Gasteiger partial charge in [-0.1, -0.05) is 17.7 Å². The zero-order chi connectivity index (χ0) is 15.9. The Labute approximate surface area is 128 Å². The van der Waals surface area contributed by atoms with Crippen LogP contribution in [0.1, 0.15) is 5.56 Å². The Bertz CT molecular complexity index is 770. The Morgan fingerprint density at radius 3 is 2.73 bits per heavy atom. The number of H-pyrrole nitrogens is 1. The minimum absolute atomic E-state index is 0.206. The lowest BCUT2D eigenvalue weighted by molar-refractivity contribution is -0.181. The number of aromatic nitrogens is 1. The second-order valence-corrected chi connectivity index (χ2v) is 5.57. The van der Waals surface area contributed by atoms with Crippen molar-refractivity contribution in [1.82, 2.24) is 4.98 Å². The molecule has 0 spiro atoms. The predicted molar refractivity (Wildman–Crippen MR) is 76.3 cm³/mol. The van der Waals surface area contributed by atoms with Gasteiger partial charge in [-0.15, -0.1) is 0 Å². The molecule has 0 radical (unpaired) electrons. The normalized spacial score (nSPS) is 17.7. The first-order valence-corrected chi connectivity index (χ1v) is 6.93. The maximum atomic E-state index is 13.1. The summed E-state index contributed by atoms with van der Waals surface area (Å²) >= 11 is 5.95. The van der Waals surface area contributed by atoms with Crippen molar-refractivity contribution >= 4 is 11.6 Å². The molecule has 1 aliphatic rings. The number of ether oxygens (including phenoxy) is 1. The average Bonchev–Trinajstić information content (AvgIpc) is 2.42. The molecule has 1 aliphatic heterocycles. The van der Waals surface area contributed by atoms with Crippen molar-refractivity contribution in [1.29, 1.82) is 0 Å². The Morgan fingerprint density at radius 1 is 1.23 bits per heavy atom. The van der Waals surface area contributed by atoms with Crippen LogP contribution in [0.25, 0.3) is 11.1 Å². The summed E-state index contributed by atoms with van der Waals surface area (Å²) in [6.07, 6.45) is -3.31. The fourth-order valence-corrected chi connectivity index (χ4v) is 2.66. The van der Waals surface area contributed by atoms with Crippen molar-refractivity contribution in [3.63, 3.8) is 0 Å². The molecule has 0 aliphatic carbocycles. The van der Waals surface area contributed by atoms with Gasteiger partial charge >= 0.3 is 6.18 Å². The second kappa shape index (κ2) is 5.35. The van der Waals surface area contributed by atoms with Gasteiger partial charge in [0.2, 0.25) is 5.56 Å². The fourth-order valence-electron chi connectivity index (χ4n) is 2.49. The molecule has 0 fully saturated rings. The first-order valence-electron chi connectivity index (χ1n) is 6.55. The Kier molecular flexibility index (Phi) is 3.64. The summed E-state index contributed by atoms with van der Waals surface area (Å²) in [6.45, 7) is -0.495. The number of hydrogen-bond acceptors (Lipinski definition) is 2. The SMILES string of the molecule is O=c1cc2c(c[nH]1)OC[C@H](C(F)(F)F)Cc1ccc(Cl)cc1-2. The van der Waals surface area contributed by atoms with Crippen molar-refractivity contribution in [3.05, 3.63) is 51.4 Å². The molecule has 3 nitrogen and oxygen atoms in total. The number of pyridine rings is 1. The van der Waals surface area contributed by atoms with Gasteiger partial charge in [0.1, 0.15) is 12.4 Å². The van der Waals surface area contributed by atoms with E-state index >= 15 is 0 Å². The summed E-state index contributed by atoms with van der Waals surface area (Å²) in [5, 5.41) is 0.383. The number of alkyl halides is 3. The number of rotatable bonds is 0. The minimum Gasteiger partial charge on any atom is -0.491 e. The first kappa shape index (κ1) is 15.0. The van der Waals surface area contributed by atoms with E-state index in [2.05, 4.69) is 4.98 Å². The molecule has 0 bridgehead atoms. The Hall–Kier alpha value is -1.95. The van der Waals surface area contributed by atoms with E-state index in [4.69, 9.17) is 16.3 Å². The van der Waals surface area contributed by atoms with E-state index in [9.17, 15) is 18.0 Å². The summed E-state index contributed by atoms with van der Waals surface area (Å²) in [5.41, 5.74) is 1.06. The summed E-state index contributed by atoms with van der Waals surface area (Å²) < 4.78 is 44.6. The topological polar surface area (TPSA) is 42.1 Å². The van der Waals surface area contributed by atoms with Crippen molar-refractivity contribution in [2.45, 2.75) is 12.6 Å². The van der Waals surface area contributed by atoms with Gasteiger partial charge in [-0.2, -0.15) is 13.2 Å². The van der Waals surface area contributed by atoms with E-state index in [-0.39, 0.29) is 17.7 Å². The number of fused-ring (bicyclic) bond motifs is 3. The van der Waals surface area contributed by atoms with Crippen LogP contribution >= 0.6 is 11.6 Å². The lowest BCUT2D eigenvalue weighted by Gasteiger charge is -2.25. The van der Waals surface area contributed by atoms with Gasteiger partial charge in [-0.05, 0) is 29.7 Å². The quantitative estimate of drug-likeness (QED) is 0.798. The molecular weight excluding hydrogens is 319 g/mol. The van der Waals surface area contributed by atoms with E-state index in [0.29, 0.717) is 21.7 Å². The molecule has 7 heteroatoms. The van der Waals surface area contributed by atoms with Gasteiger partial charge in [0.25, 0.3) is 0 Å². The van der Waals surface area contributed by atoms with E-state index in [1.165, 1.54) is 12.3 Å². The van der Waals surface area contributed by atoms with Crippen molar-refractivity contribution in [2.75, 3.05) is 6.61 Å². The largest absolute Gasteiger partial charge is 0.491 e. The highest BCUT2D eigenvalue weighted by molar-refractivity contribution is 6.30. The Morgan fingerprint density at radius 2 is 2.00 bits per heavy atom. The lowest BCUT2D eigenvalue weighted by atomic mass is 9.91. The van der Waals surface area contributed by atoms with Crippen LogP contribution in [-0.4, -0.2) is 17.8 Å². The van der Waals surface area contributed by atoms with E-state index in [0.717, 1.165) is 0 Å². The number of nitrogens with one attached hydrogen (secondary N) is 1. The second-order valence-electron chi connectivity index (χ2n) is 5.13. The zero-order valence-electron chi connectivity index (χ0n) is 11.2. The molecule has 22 heavy (non-hydrogen) atoms. The number of halogens is 4. The number of benzene rings is 1. The standard InChI is InChI=1S/C15H11ClF3NO2/c16-10-2-1-8-3-9(15(17,18)19)7-22-13-6-20-14(21)5-12(13)11(8)4-10/h1-2,4-6,9H,3,7H2,(H,20,21)/t9-/m1/s1. The summed E-state index contributed by atoms with van der Waals surface area (Å²) in [7, 11) is 0. The van der Waals surface area contributed by atoms with Crippen LogP contribution in [0.15, 0.2) is 35.3 Å². The molecular formula is C15H11ClF3NO2. The highest BCUT2D eigenvalue weighted by Crippen LogP contribution is 2.39. The fraction of sp³-hybridized carbons (Fsp3) is 0.267. The van der Waals surface area contributed by atoms with Crippen LogP contribution in [0.4, 0.5) is 13.2 Å². The predicted octanol–water partition coefficient (Wildman–Crippen LogP) is 3.81. The molecule has 1 N–H and O–H groups in total. The first-order chi connectivity index (χ1) is 10.3. The average molecular weight is 330 g/mol. The third kappa shape index (κ3) is 2.83. The molecule has 0 saturated carbocycles. The van der Waals surface area contributed by atoms with Gasteiger partial charge < -0.3 is 9.72 Å². The van der Waals surface area contributed by atoms with Gasteiger partial charge in [-0.3, -0.25) is 4.79 Å². The monoisotopic (exact) mass is 329 g/mol. The van der Waals surface area contributed by atoms with Crippen molar-refractivity contribution < 1.29 is 17.9 Å². The summed E-state index contributed by atoms with van der Waals surface area (Å²) in [5.74, 6) is -1.41. The Balaban J connectivity index is 2.19. The highest BCUT2D eigenvalue weighted by atomic mass is 35.5. The van der Waals surface area contributed by atoms with Gasteiger partial charge in [-0.25, -0.2) is 0 Å². The van der Waals surface area contributed by atoms with Crippen LogP contribution < -0.4 is 10.3 Å². The smallest absolute Gasteiger partial charge is 0.395 e. The van der Waals surface area contributed by atoms with E-state index in [1.807, 2.05) is 0 Å². The molecule has 2 heterocycles. The highest BCUT2D eigenvalue weighted by Gasteiger charge is 2.41. The molecule has 0 saturated heterocycles. The molecule has 1 aromatic carbocycles. The third-order valence-corrected chi connectivity index (χ3v) is 3.85. The van der Waals surface area contributed by atoms with E-state index < -0.39 is 18.7 Å². The molecule has 3 rings (SSSR count). The molecule has 116 valence electrons. The van der Waals surface area contributed by atoms with E-state index in [1.54, 1.807) is 18.2 Å². The molecule has 0 amide bonds. The molecule has 1 aromatic heterocycles. The summed E-state index contributed by atoms with van der Waals surface area (Å²) in [6, 6.07) is 5.96. The van der Waals surface area contributed by atoms with Crippen molar-refractivity contribution in [2.24, 2.45) is 5.92 Å². The lowest BCUT2D eigenvalue weighted by Crippen LogP contribution is -2.32. The van der Waals surface area contributed by atoms with Crippen LogP contribution in [0, 0.1) is 5.92 Å². The van der Waals surface area contributed by atoms with Crippen LogP contribution in [0.2, 0.25) is 5.02 Å². The minimum atomic E-state index is -4.36. The summed E-state index contributed by atoms with van der Waals surface area (Å²) in [4.78, 5) is 13.9. The van der Waals surface area contributed by atoms with Crippen LogP contribution in [0.3, 0.4) is 0 Å². The maximum absolute atomic E-state index is 13.1. The molecule has 1 atom stereocenters. The van der Waals surface area contributed by atoms with Gasteiger partial charge in [0.05, 0.1) is 5.92 Å².